The average Bonchev–Trinajstić information content (AvgIpc) is 2.54. The monoisotopic (exact) mass is 260 g/mol. The third-order valence-electron chi connectivity index (χ3n) is 1.99. The molecule has 1 amide bonds. The molecule has 0 saturated heterocycles. The van der Waals surface area contributed by atoms with Crippen molar-refractivity contribution in [3.05, 3.63) is 10.7 Å². The van der Waals surface area contributed by atoms with E-state index in [0.29, 0.717) is 12.4 Å². The van der Waals surface area contributed by atoms with Crippen molar-refractivity contribution in [3.8, 4) is 0 Å². The van der Waals surface area contributed by atoms with Gasteiger partial charge >= 0.3 is 0 Å². The van der Waals surface area contributed by atoms with Crippen molar-refractivity contribution in [1.29, 1.82) is 0 Å². The third-order valence-corrected chi connectivity index (χ3v) is 2.59. The van der Waals surface area contributed by atoms with Crippen LogP contribution in [0.15, 0.2) is 10.7 Å². The Morgan fingerprint density at radius 1 is 1.86 bits per heavy atom. The Bertz CT molecular complexity index is 308. The van der Waals surface area contributed by atoms with Crippen LogP contribution in [0, 0.1) is 5.92 Å². The van der Waals surface area contributed by atoms with Crippen molar-refractivity contribution in [2.75, 3.05) is 11.9 Å². The highest BCUT2D eigenvalue weighted by atomic mass is 79.9. The van der Waals surface area contributed by atoms with Gasteiger partial charge in [0.1, 0.15) is 5.82 Å². The summed E-state index contributed by atoms with van der Waals surface area (Å²) in [6, 6.07) is 0. The molecule has 78 valence electrons. The molecule has 0 spiro atoms. The van der Waals surface area contributed by atoms with Crippen molar-refractivity contribution in [3.63, 3.8) is 0 Å². The van der Waals surface area contributed by atoms with Crippen LogP contribution in [0.3, 0.4) is 0 Å². The molecule has 1 heterocycles. The fraction of sp³-hybridized carbons (Fsp3) is 0.500. The number of H-pyrrole nitrogens is 1. The number of nitrogens with two attached hydrogens (primary N) is 1. The van der Waals surface area contributed by atoms with Crippen LogP contribution in [0.4, 0.5) is 5.82 Å². The van der Waals surface area contributed by atoms with Crippen molar-refractivity contribution >= 4 is 27.7 Å². The second-order valence-corrected chi connectivity index (χ2v) is 3.78. The average molecular weight is 261 g/mol. The van der Waals surface area contributed by atoms with E-state index >= 15 is 0 Å². The highest BCUT2D eigenvalue weighted by Crippen LogP contribution is 2.18. The largest absolute Gasteiger partial charge is 0.330 e. The van der Waals surface area contributed by atoms with Gasteiger partial charge in [-0.25, -0.2) is 0 Å². The summed E-state index contributed by atoms with van der Waals surface area (Å²) in [7, 11) is 0. The van der Waals surface area contributed by atoms with Crippen LogP contribution in [-0.2, 0) is 4.79 Å². The second-order valence-electron chi connectivity index (χ2n) is 2.92. The maximum atomic E-state index is 11.6. The van der Waals surface area contributed by atoms with E-state index in [2.05, 4.69) is 31.4 Å². The number of carbonyl (C=O) groups excluding carboxylic acids is 1. The summed E-state index contributed by atoms with van der Waals surface area (Å²) >= 11 is 3.25. The van der Waals surface area contributed by atoms with Crippen molar-refractivity contribution in [1.82, 2.24) is 10.2 Å². The number of nitrogens with one attached hydrogen (secondary N) is 2. The Balaban J connectivity index is 2.61. The molecule has 0 aromatic carbocycles. The molecule has 1 unspecified atom stereocenters. The SMILES string of the molecule is CCC(CN)C(=O)Nc1[nH]ncc1Br. The summed E-state index contributed by atoms with van der Waals surface area (Å²) in [5.74, 6) is 0.340. The molecule has 0 fully saturated rings. The van der Waals surface area contributed by atoms with E-state index in [4.69, 9.17) is 5.73 Å². The van der Waals surface area contributed by atoms with Gasteiger partial charge in [-0.05, 0) is 22.4 Å². The summed E-state index contributed by atoms with van der Waals surface area (Å²) in [4.78, 5) is 11.6. The number of nitrogens with zero attached hydrogens (tertiary/aromatic N) is 1. The first kappa shape index (κ1) is 11.2. The first-order chi connectivity index (χ1) is 6.69. The molecule has 0 bridgehead atoms. The topological polar surface area (TPSA) is 83.8 Å². The molecule has 0 saturated carbocycles. The molecular weight excluding hydrogens is 248 g/mol. The Morgan fingerprint density at radius 3 is 3.00 bits per heavy atom. The Hall–Kier alpha value is -0.880. The molecule has 0 aliphatic rings. The van der Waals surface area contributed by atoms with Crippen LogP contribution in [0.5, 0.6) is 0 Å². The number of carbonyl (C=O) groups is 1. The standard InChI is InChI=1S/C8H13BrN4O/c1-2-5(3-10)8(14)12-7-6(9)4-11-13-7/h4-5H,2-3,10H2,1H3,(H2,11,12,13,14). The summed E-state index contributed by atoms with van der Waals surface area (Å²) in [6.07, 6.45) is 2.31. The lowest BCUT2D eigenvalue weighted by atomic mass is 10.1. The van der Waals surface area contributed by atoms with Gasteiger partial charge in [0.15, 0.2) is 0 Å². The van der Waals surface area contributed by atoms with E-state index in [-0.39, 0.29) is 11.8 Å². The van der Waals surface area contributed by atoms with Gasteiger partial charge in [0.2, 0.25) is 5.91 Å². The van der Waals surface area contributed by atoms with E-state index in [0.717, 1.165) is 10.9 Å². The van der Waals surface area contributed by atoms with Gasteiger partial charge in [0.05, 0.1) is 16.6 Å². The molecule has 0 aliphatic heterocycles. The number of aromatic nitrogens is 2. The molecule has 4 N–H and O–H groups in total. The Morgan fingerprint density at radius 2 is 2.57 bits per heavy atom. The van der Waals surface area contributed by atoms with Gasteiger partial charge in [-0.15, -0.1) is 0 Å². The van der Waals surface area contributed by atoms with Gasteiger partial charge < -0.3 is 11.1 Å². The molecule has 0 radical (unpaired) electrons. The van der Waals surface area contributed by atoms with Crippen molar-refractivity contribution < 1.29 is 4.79 Å². The van der Waals surface area contributed by atoms with Gasteiger partial charge in [0.25, 0.3) is 0 Å². The molecule has 5 nitrogen and oxygen atoms in total. The molecule has 1 aromatic rings. The van der Waals surface area contributed by atoms with Crippen molar-refractivity contribution in [2.45, 2.75) is 13.3 Å². The number of halogens is 1. The molecule has 14 heavy (non-hydrogen) atoms. The zero-order chi connectivity index (χ0) is 10.6. The predicted molar refractivity (Wildman–Crippen MR) is 57.8 cm³/mol. The number of hydrogen-bond donors (Lipinski definition) is 3. The molecule has 6 heteroatoms. The van der Waals surface area contributed by atoms with Crippen LogP contribution in [0.2, 0.25) is 0 Å². The molecular formula is C8H13BrN4O. The van der Waals surface area contributed by atoms with Gasteiger partial charge in [0, 0.05) is 6.54 Å². The van der Waals surface area contributed by atoms with E-state index in [1.807, 2.05) is 6.92 Å². The summed E-state index contributed by atoms with van der Waals surface area (Å²) < 4.78 is 0.734. The molecule has 1 rings (SSSR count). The Labute approximate surface area is 90.6 Å². The van der Waals surface area contributed by atoms with E-state index in [9.17, 15) is 4.79 Å². The normalized spacial score (nSPS) is 12.5. The smallest absolute Gasteiger partial charge is 0.229 e. The van der Waals surface area contributed by atoms with E-state index < -0.39 is 0 Å². The van der Waals surface area contributed by atoms with E-state index in [1.54, 1.807) is 6.20 Å². The first-order valence-corrected chi connectivity index (χ1v) is 5.18. The summed E-state index contributed by atoms with van der Waals surface area (Å²) in [6.45, 7) is 2.28. The van der Waals surface area contributed by atoms with Gasteiger partial charge in [-0.3, -0.25) is 9.89 Å². The Kier molecular flexibility index (Phi) is 4.09. The predicted octanol–water partition coefficient (Wildman–Crippen LogP) is 1.10. The van der Waals surface area contributed by atoms with Gasteiger partial charge in [-0.2, -0.15) is 5.10 Å². The third kappa shape index (κ3) is 2.55. The quantitative estimate of drug-likeness (QED) is 0.758. The highest BCUT2D eigenvalue weighted by Gasteiger charge is 2.15. The lowest BCUT2D eigenvalue weighted by molar-refractivity contribution is -0.119. The highest BCUT2D eigenvalue weighted by molar-refractivity contribution is 9.10. The second kappa shape index (κ2) is 5.11. The first-order valence-electron chi connectivity index (χ1n) is 4.38. The fourth-order valence-corrected chi connectivity index (χ4v) is 1.33. The van der Waals surface area contributed by atoms with Crippen LogP contribution in [0.1, 0.15) is 13.3 Å². The zero-order valence-corrected chi connectivity index (χ0v) is 9.47. The summed E-state index contributed by atoms with van der Waals surface area (Å²) in [5.41, 5.74) is 5.45. The minimum Gasteiger partial charge on any atom is -0.330 e. The maximum absolute atomic E-state index is 11.6. The minimum atomic E-state index is -0.148. The zero-order valence-electron chi connectivity index (χ0n) is 7.88. The number of rotatable bonds is 4. The molecule has 1 atom stereocenters. The number of anilines is 1. The lowest BCUT2D eigenvalue weighted by Crippen LogP contribution is -2.28. The van der Waals surface area contributed by atoms with Crippen molar-refractivity contribution in [2.24, 2.45) is 11.7 Å². The molecule has 1 aromatic heterocycles. The van der Waals surface area contributed by atoms with Crippen LogP contribution < -0.4 is 11.1 Å². The number of hydrogen-bond acceptors (Lipinski definition) is 3. The van der Waals surface area contributed by atoms with E-state index in [1.165, 1.54) is 0 Å². The molecule has 0 aliphatic carbocycles. The number of amides is 1. The summed E-state index contributed by atoms with van der Waals surface area (Å²) in [5, 5.41) is 9.15. The lowest BCUT2D eigenvalue weighted by Gasteiger charge is -2.11. The van der Waals surface area contributed by atoms with Crippen LogP contribution in [-0.4, -0.2) is 22.6 Å². The van der Waals surface area contributed by atoms with Crippen LogP contribution in [0.25, 0.3) is 0 Å². The van der Waals surface area contributed by atoms with Gasteiger partial charge in [-0.1, -0.05) is 6.92 Å². The maximum Gasteiger partial charge on any atom is 0.229 e. The number of aromatic amines is 1. The minimum absolute atomic E-state index is 0.0834. The van der Waals surface area contributed by atoms with Crippen LogP contribution >= 0.6 is 15.9 Å². The fourth-order valence-electron chi connectivity index (χ4n) is 1.04.